The molecule has 0 radical (unpaired) electrons. The number of aromatic nitrogens is 1. The molecule has 0 bridgehead atoms. The van der Waals surface area contributed by atoms with Gasteiger partial charge in [0.15, 0.2) is 5.13 Å². The molecular formula is C26H27Cl2FN4O4S2. The van der Waals surface area contributed by atoms with Crippen LogP contribution in [0.1, 0.15) is 16.8 Å². The quantitative estimate of drug-likeness (QED) is 0.239. The second kappa shape index (κ2) is 12.9. The lowest BCUT2D eigenvalue weighted by atomic mass is 10.1. The van der Waals surface area contributed by atoms with E-state index in [4.69, 9.17) is 16.3 Å². The lowest BCUT2D eigenvalue weighted by Crippen LogP contribution is -2.34. The van der Waals surface area contributed by atoms with Crippen molar-refractivity contribution in [2.75, 3.05) is 43.9 Å². The fourth-order valence-corrected chi connectivity index (χ4v) is 6.13. The van der Waals surface area contributed by atoms with Gasteiger partial charge in [-0.3, -0.25) is 14.4 Å². The van der Waals surface area contributed by atoms with Crippen LogP contribution < -0.4 is 14.4 Å². The van der Waals surface area contributed by atoms with Crippen LogP contribution in [-0.2, 0) is 10.0 Å². The number of nitrogens with one attached hydrogen (secondary N) is 1. The van der Waals surface area contributed by atoms with Crippen LogP contribution in [0.5, 0.6) is 5.75 Å². The molecule has 3 aromatic carbocycles. The molecule has 0 aliphatic carbocycles. The van der Waals surface area contributed by atoms with Crippen LogP contribution in [0.4, 0.5) is 15.2 Å². The van der Waals surface area contributed by atoms with E-state index in [-0.39, 0.29) is 28.6 Å². The summed E-state index contributed by atoms with van der Waals surface area (Å²) < 4.78 is 47.9. The smallest absolute Gasteiger partial charge is 0.262 e. The van der Waals surface area contributed by atoms with Crippen LogP contribution in [0.15, 0.2) is 65.6 Å². The normalized spacial score (nSPS) is 11.3. The third kappa shape index (κ3) is 6.98. The highest BCUT2D eigenvalue weighted by molar-refractivity contribution is 7.92. The van der Waals surface area contributed by atoms with Crippen LogP contribution in [0, 0.1) is 5.82 Å². The number of carbonyl (C=O) groups excluding carboxylic acids is 1. The number of methoxy groups -OCH3 is 1. The van der Waals surface area contributed by atoms with Crippen molar-refractivity contribution < 1.29 is 22.3 Å². The molecule has 0 aliphatic rings. The first-order valence-corrected chi connectivity index (χ1v) is 14.3. The van der Waals surface area contributed by atoms with E-state index in [0.29, 0.717) is 39.1 Å². The van der Waals surface area contributed by atoms with Gasteiger partial charge in [0.2, 0.25) is 0 Å². The number of fused-ring (bicyclic) bond motifs is 1. The molecular weight excluding hydrogens is 586 g/mol. The molecule has 1 aromatic heterocycles. The first-order chi connectivity index (χ1) is 18.1. The highest BCUT2D eigenvalue weighted by Gasteiger charge is 2.26. The Morgan fingerprint density at radius 3 is 2.44 bits per heavy atom. The minimum atomic E-state index is -4.08. The molecule has 0 fully saturated rings. The number of anilines is 2. The first-order valence-electron chi connectivity index (χ1n) is 11.6. The molecule has 4 aromatic rings. The van der Waals surface area contributed by atoms with Crippen molar-refractivity contribution in [2.24, 2.45) is 0 Å². The number of thiazole rings is 1. The van der Waals surface area contributed by atoms with Crippen LogP contribution in [0.2, 0.25) is 5.02 Å². The van der Waals surface area contributed by atoms with E-state index in [0.717, 1.165) is 30.8 Å². The molecule has 1 N–H and O–H groups in total. The summed E-state index contributed by atoms with van der Waals surface area (Å²) in [6.45, 7) is 1.05. The van der Waals surface area contributed by atoms with Crippen LogP contribution in [0.3, 0.4) is 0 Å². The molecule has 0 saturated carbocycles. The maximum atomic E-state index is 14.0. The SMILES string of the molecule is COc1ccc(Cl)c2sc(N(CCCN(C)C)C(=O)c3ccccc3NS(=O)(=O)c3ccc(F)cc3)nc12.Cl. The number of carbonyl (C=O) groups is 1. The Morgan fingerprint density at radius 2 is 1.77 bits per heavy atom. The minimum Gasteiger partial charge on any atom is -0.494 e. The zero-order chi connectivity index (χ0) is 27.4. The van der Waals surface area contributed by atoms with Gasteiger partial charge in [-0.15, -0.1) is 12.4 Å². The molecule has 8 nitrogen and oxygen atoms in total. The van der Waals surface area contributed by atoms with Gasteiger partial charge >= 0.3 is 0 Å². The van der Waals surface area contributed by atoms with Crippen LogP contribution in [-0.4, -0.2) is 58.5 Å². The lowest BCUT2D eigenvalue weighted by molar-refractivity contribution is 0.0987. The van der Waals surface area contributed by atoms with Crippen molar-refractivity contribution in [3.63, 3.8) is 0 Å². The number of rotatable bonds is 10. The van der Waals surface area contributed by atoms with Gasteiger partial charge in [0.1, 0.15) is 17.1 Å². The molecule has 13 heteroatoms. The van der Waals surface area contributed by atoms with E-state index in [2.05, 4.69) is 9.71 Å². The molecule has 0 aliphatic heterocycles. The van der Waals surface area contributed by atoms with Crippen molar-refractivity contribution in [3.05, 3.63) is 77.1 Å². The number of para-hydroxylation sites is 1. The van der Waals surface area contributed by atoms with Gasteiger partial charge in [-0.25, -0.2) is 17.8 Å². The van der Waals surface area contributed by atoms with Crippen LogP contribution >= 0.6 is 35.3 Å². The Bertz CT molecular complexity index is 1560. The Morgan fingerprint density at radius 1 is 1.08 bits per heavy atom. The van der Waals surface area contributed by atoms with E-state index < -0.39 is 21.7 Å². The number of ether oxygens (including phenoxy) is 1. The maximum absolute atomic E-state index is 14.0. The van der Waals surface area contributed by atoms with Crippen molar-refractivity contribution >= 4 is 72.3 Å². The summed E-state index contributed by atoms with van der Waals surface area (Å²) in [5.41, 5.74) is 0.771. The Kier molecular flexibility index (Phi) is 10.1. The van der Waals surface area contributed by atoms with Gasteiger partial charge in [-0.2, -0.15) is 0 Å². The van der Waals surface area contributed by atoms with E-state index in [1.54, 1.807) is 30.3 Å². The molecule has 0 atom stereocenters. The van der Waals surface area contributed by atoms with E-state index >= 15 is 0 Å². The summed E-state index contributed by atoms with van der Waals surface area (Å²) in [5, 5.41) is 0.893. The summed E-state index contributed by atoms with van der Waals surface area (Å²) >= 11 is 7.67. The highest BCUT2D eigenvalue weighted by atomic mass is 35.5. The van der Waals surface area contributed by atoms with Gasteiger partial charge in [-0.1, -0.05) is 35.1 Å². The average molecular weight is 614 g/mol. The molecule has 0 saturated heterocycles. The van der Waals surface area contributed by atoms with Crippen molar-refractivity contribution in [1.82, 2.24) is 9.88 Å². The Balaban J connectivity index is 0.00000420. The predicted molar refractivity (Wildman–Crippen MR) is 157 cm³/mol. The molecule has 4 rings (SSSR count). The van der Waals surface area contributed by atoms with Crippen LogP contribution in [0.25, 0.3) is 10.2 Å². The van der Waals surface area contributed by atoms with E-state index in [1.165, 1.54) is 29.4 Å². The largest absolute Gasteiger partial charge is 0.494 e. The van der Waals surface area contributed by atoms with E-state index in [9.17, 15) is 17.6 Å². The monoisotopic (exact) mass is 612 g/mol. The predicted octanol–water partition coefficient (Wildman–Crippen LogP) is 5.92. The number of hydrogen-bond donors (Lipinski definition) is 1. The number of nitrogens with zero attached hydrogens (tertiary/aromatic N) is 3. The highest BCUT2D eigenvalue weighted by Crippen LogP contribution is 2.39. The summed E-state index contributed by atoms with van der Waals surface area (Å²) in [7, 11) is 1.33. The number of halogens is 3. The maximum Gasteiger partial charge on any atom is 0.262 e. The number of sulfonamides is 1. The number of amides is 1. The van der Waals surface area contributed by atoms with Crippen molar-refractivity contribution in [1.29, 1.82) is 0 Å². The lowest BCUT2D eigenvalue weighted by Gasteiger charge is -2.22. The van der Waals surface area contributed by atoms with Gasteiger partial charge in [0, 0.05) is 6.54 Å². The van der Waals surface area contributed by atoms with Crippen molar-refractivity contribution in [3.8, 4) is 5.75 Å². The first kappa shape index (κ1) is 30.6. The molecule has 0 unspecified atom stereocenters. The second-order valence-corrected chi connectivity index (χ2v) is 11.7. The third-order valence-electron chi connectivity index (χ3n) is 5.66. The summed E-state index contributed by atoms with van der Waals surface area (Å²) in [5.74, 6) is -0.462. The minimum absolute atomic E-state index is 0. The third-order valence-corrected chi connectivity index (χ3v) is 8.58. The standard InChI is InChI=1S/C26H26ClFN4O4S2.ClH/c1-31(2)15-6-16-32(26-29-23-22(36-3)14-13-20(27)24(23)37-26)25(33)19-7-4-5-8-21(19)30-38(34,35)18-11-9-17(28)10-12-18;/h4-5,7-14,30H,6,15-16H2,1-3H3;1H. The number of hydrogen-bond acceptors (Lipinski definition) is 7. The summed E-state index contributed by atoms with van der Waals surface area (Å²) in [6.07, 6.45) is 0.642. The van der Waals surface area contributed by atoms with Crippen molar-refractivity contribution in [2.45, 2.75) is 11.3 Å². The second-order valence-electron chi connectivity index (χ2n) is 8.64. The Hall–Kier alpha value is -2.96. The van der Waals surface area contributed by atoms with Gasteiger partial charge < -0.3 is 9.64 Å². The fourth-order valence-electron chi connectivity index (χ4n) is 3.77. The van der Waals surface area contributed by atoms with Gasteiger partial charge in [0.05, 0.1) is 33.0 Å². The van der Waals surface area contributed by atoms with Gasteiger partial charge in [0.25, 0.3) is 15.9 Å². The zero-order valence-corrected chi connectivity index (χ0v) is 24.6. The molecule has 0 spiro atoms. The molecule has 39 heavy (non-hydrogen) atoms. The number of benzene rings is 3. The topological polar surface area (TPSA) is 91.8 Å². The molecule has 208 valence electrons. The average Bonchev–Trinajstić information content (AvgIpc) is 3.33. The zero-order valence-electron chi connectivity index (χ0n) is 21.4. The molecule has 1 heterocycles. The summed E-state index contributed by atoms with van der Waals surface area (Å²) in [6, 6.07) is 14.2. The summed E-state index contributed by atoms with van der Waals surface area (Å²) in [4.78, 5) is 22.0. The Labute approximate surface area is 241 Å². The van der Waals surface area contributed by atoms with E-state index in [1.807, 2.05) is 19.0 Å². The van der Waals surface area contributed by atoms with Gasteiger partial charge in [-0.05, 0) is 75.6 Å². The molecule has 1 amide bonds. The fraction of sp³-hybridized carbons (Fsp3) is 0.231.